The molecule has 0 fully saturated rings. The number of nitrogens with one attached hydrogen (secondary N) is 1. The zero-order valence-corrected chi connectivity index (χ0v) is 15.9. The third kappa shape index (κ3) is 4.24. The number of carbonyl (C=O) groups excluding carboxylic acids is 1. The molecule has 142 valence electrons. The van der Waals surface area contributed by atoms with Gasteiger partial charge in [-0.15, -0.1) is 0 Å². The summed E-state index contributed by atoms with van der Waals surface area (Å²) >= 11 is 3.39. The van der Waals surface area contributed by atoms with Crippen LogP contribution in [-0.2, 0) is 0 Å². The summed E-state index contributed by atoms with van der Waals surface area (Å²) in [6.07, 6.45) is -3.57. The lowest BCUT2D eigenvalue weighted by Gasteiger charge is -2.11. The molecule has 0 aliphatic heterocycles. The highest BCUT2D eigenvalue weighted by molar-refractivity contribution is 9.10. The highest BCUT2D eigenvalue weighted by Crippen LogP contribution is 2.30. The number of aryl methyl sites for hydroxylation is 1. The van der Waals surface area contributed by atoms with Crippen LogP contribution in [0, 0.1) is 6.92 Å². The Bertz CT molecular complexity index is 1010. The average molecular weight is 441 g/mol. The van der Waals surface area contributed by atoms with Gasteiger partial charge in [0.25, 0.3) is 0 Å². The van der Waals surface area contributed by atoms with Crippen LogP contribution in [0.25, 0.3) is 16.7 Å². The van der Waals surface area contributed by atoms with Gasteiger partial charge in [-0.1, -0.05) is 15.9 Å². The molecule has 9 heteroatoms. The molecule has 1 amide bonds. The molecule has 0 aliphatic rings. The molecule has 1 aromatic heterocycles. The summed E-state index contributed by atoms with van der Waals surface area (Å²) in [5, 5.41) is 2.80. The highest BCUT2D eigenvalue weighted by atomic mass is 79.9. The van der Waals surface area contributed by atoms with E-state index in [0.29, 0.717) is 26.8 Å². The Kier molecular flexibility index (Phi) is 5.14. The van der Waals surface area contributed by atoms with E-state index in [0.717, 1.165) is 11.3 Å². The minimum atomic E-state index is -4.23. The Balaban J connectivity index is 1.99. The predicted molar refractivity (Wildman–Crippen MR) is 101 cm³/mol. The minimum absolute atomic E-state index is 0.242. The topological polar surface area (TPSA) is 72.9 Å². The molecule has 0 unspecified atom stereocenters. The van der Waals surface area contributed by atoms with Crippen LogP contribution in [-0.4, -0.2) is 28.2 Å². The number of nitrogens with two attached hydrogens (primary N) is 1. The Hall–Kier alpha value is -2.55. The van der Waals surface area contributed by atoms with E-state index in [-0.39, 0.29) is 6.54 Å². The van der Waals surface area contributed by atoms with Crippen LogP contribution in [0.15, 0.2) is 41.1 Å². The maximum atomic E-state index is 12.4. The van der Waals surface area contributed by atoms with Gasteiger partial charge in [-0.2, -0.15) is 13.2 Å². The van der Waals surface area contributed by atoms with Gasteiger partial charge in [0, 0.05) is 22.3 Å². The number of hydrogen-bond donors (Lipinski definition) is 2. The predicted octanol–water partition coefficient (Wildman–Crippen LogP) is 4.56. The van der Waals surface area contributed by atoms with Gasteiger partial charge >= 0.3 is 6.18 Å². The molecule has 27 heavy (non-hydrogen) atoms. The van der Waals surface area contributed by atoms with E-state index in [1.54, 1.807) is 42.1 Å². The van der Waals surface area contributed by atoms with Gasteiger partial charge in [-0.3, -0.25) is 9.36 Å². The molecule has 1 heterocycles. The SMILES string of the molecule is Cc1cc(-n2cnc3c(NCCC(F)(F)F)cc(Br)cc32)ccc1C(N)=O. The standard InChI is InChI=1S/C18H16BrF3N4O/c1-10-6-12(2-3-13(10)17(23)27)26-9-25-16-14(7-11(19)8-15(16)26)24-5-4-18(20,21)22/h2-3,6-9,24H,4-5H2,1H3,(H2,23,27). The van der Waals surface area contributed by atoms with Crippen molar-refractivity contribution in [1.29, 1.82) is 0 Å². The molecule has 0 atom stereocenters. The first-order valence-electron chi connectivity index (χ1n) is 8.04. The van der Waals surface area contributed by atoms with Crippen LogP contribution in [0.1, 0.15) is 22.3 Å². The zero-order chi connectivity index (χ0) is 19.8. The molecular formula is C18H16BrF3N4O. The van der Waals surface area contributed by atoms with Crippen molar-refractivity contribution in [3.05, 3.63) is 52.3 Å². The van der Waals surface area contributed by atoms with Gasteiger partial charge in [0.15, 0.2) is 0 Å². The molecule has 0 aliphatic carbocycles. The number of nitrogens with zero attached hydrogens (tertiary/aromatic N) is 2. The van der Waals surface area contributed by atoms with Gasteiger partial charge < -0.3 is 11.1 Å². The average Bonchev–Trinajstić information content (AvgIpc) is 2.96. The van der Waals surface area contributed by atoms with Crippen LogP contribution in [0.5, 0.6) is 0 Å². The molecule has 2 aromatic carbocycles. The monoisotopic (exact) mass is 440 g/mol. The van der Waals surface area contributed by atoms with Gasteiger partial charge in [-0.05, 0) is 42.8 Å². The number of hydrogen-bond acceptors (Lipinski definition) is 3. The number of rotatable bonds is 5. The Morgan fingerprint density at radius 1 is 1.30 bits per heavy atom. The number of imidazole rings is 1. The van der Waals surface area contributed by atoms with Crippen LogP contribution < -0.4 is 11.1 Å². The normalized spacial score (nSPS) is 11.7. The second-order valence-corrected chi connectivity index (χ2v) is 7.01. The van der Waals surface area contributed by atoms with E-state index >= 15 is 0 Å². The fourth-order valence-electron chi connectivity index (χ4n) is 2.84. The fraction of sp³-hybridized carbons (Fsp3) is 0.222. The van der Waals surface area contributed by atoms with E-state index in [2.05, 4.69) is 26.2 Å². The fourth-order valence-corrected chi connectivity index (χ4v) is 3.28. The number of anilines is 1. The van der Waals surface area contributed by atoms with E-state index in [1.807, 2.05) is 6.07 Å². The first-order chi connectivity index (χ1) is 12.7. The van der Waals surface area contributed by atoms with Gasteiger partial charge in [0.2, 0.25) is 5.91 Å². The maximum Gasteiger partial charge on any atom is 0.390 e. The summed E-state index contributed by atoms with van der Waals surface area (Å²) in [7, 11) is 0. The van der Waals surface area contributed by atoms with Crippen molar-refractivity contribution >= 4 is 38.6 Å². The summed E-state index contributed by atoms with van der Waals surface area (Å²) < 4.78 is 39.7. The lowest BCUT2D eigenvalue weighted by Crippen LogP contribution is -2.14. The van der Waals surface area contributed by atoms with E-state index in [9.17, 15) is 18.0 Å². The van der Waals surface area contributed by atoms with Crippen molar-refractivity contribution in [2.75, 3.05) is 11.9 Å². The van der Waals surface area contributed by atoms with Crippen molar-refractivity contribution in [2.45, 2.75) is 19.5 Å². The van der Waals surface area contributed by atoms with Crippen molar-refractivity contribution < 1.29 is 18.0 Å². The molecule has 0 saturated heterocycles. The number of carbonyl (C=O) groups is 1. The number of aromatic nitrogens is 2. The van der Waals surface area contributed by atoms with Gasteiger partial charge in [-0.25, -0.2) is 4.98 Å². The zero-order valence-electron chi connectivity index (χ0n) is 14.3. The Labute approximate surface area is 161 Å². The van der Waals surface area contributed by atoms with Crippen LogP contribution in [0.3, 0.4) is 0 Å². The molecule has 3 aromatic rings. The second kappa shape index (κ2) is 7.22. The third-order valence-electron chi connectivity index (χ3n) is 4.09. The first-order valence-corrected chi connectivity index (χ1v) is 8.83. The van der Waals surface area contributed by atoms with Crippen molar-refractivity contribution in [1.82, 2.24) is 9.55 Å². The number of fused-ring (bicyclic) bond motifs is 1. The maximum absolute atomic E-state index is 12.4. The summed E-state index contributed by atoms with van der Waals surface area (Å²) in [5.74, 6) is -0.506. The minimum Gasteiger partial charge on any atom is -0.383 e. The van der Waals surface area contributed by atoms with Crippen LogP contribution in [0.4, 0.5) is 18.9 Å². The molecule has 0 saturated carbocycles. The van der Waals surface area contributed by atoms with Crippen LogP contribution in [0.2, 0.25) is 0 Å². The molecule has 0 bridgehead atoms. The summed E-state index contributed by atoms with van der Waals surface area (Å²) in [5.41, 5.74) is 9.03. The third-order valence-corrected chi connectivity index (χ3v) is 4.55. The number of amides is 1. The first kappa shape index (κ1) is 19.2. The van der Waals surface area contributed by atoms with E-state index in [4.69, 9.17) is 5.73 Å². The van der Waals surface area contributed by atoms with Gasteiger partial charge in [0.1, 0.15) is 11.8 Å². The van der Waals surface area contributed by atoms with E-state index in [1.165, 1.54) is 0 Å². The lowest BCUT2D eigenvalue weighted by atomic mass is 10.1. The summed E-state index contributed by atoms with van der Waals surface area (Å²) in [4.78, 5) is 15.7. The largest absolute Gasteiger partial charge is 0.390 e. The Morgan fingerprint density at radius 3 is 2.67 bits per heavy atom. The molecule has 0 radical (unpaired) electrons. The van der Waals surface area contributed by atoms with Crippen molar-refractivity contribution in [3.63, 3.8) is 0 Å². The van der Waals surface area contributed by atoms with Crippen molar-refractivity contribution in [2.24, 2.45) is 5.73 Å². The summed E-state index contributed by atoms with van der Waals surface area (Å²) in [6, 6.07) is 8.70. The smallest absolute Gasteiger partial charge is 0.383 e. The number of benzene rings is 2. The molecular weight excluding hydrogens is 425 g/mol. The highest BCUT2D eigenvalue weighted by Gasteiger charge is 2.26. The lowest BCUT2D eigenvalue weighted by molar-refractivity contribution is -0.131. The summed E-state index contributed by atoms with van der Waals surface area (Å²) in [6.45, 7) is 1.54. The number of alkyl halides is 3. The molecule has 0 spiro atoms. The number of halogens is 4. The molecule has 3 N–H and O–H groups in total. The molecule has 5 nitrogen and oxygen atoms in total. The Morgan fingerprint density at radius 2 is 2.04 bits per heavy atom. The quantitative estimate of drug-likeness (QED) is 0.610. The van der Waals surface area contributed by atoms with E-state index < -0.39 is 18.5 Å². The van der Waals surface area contributed by atoms with Crippen molar-refractivity contribution in [3.8, 4) is 5.69 Å². The number of primary amides is 1. The second-order valence-electron chi connectivity index (χ2n) is 6.09. The molecule has 3 rings (SSSR count). The van der Waals surface area contributed by atoms with Gasteiger partial charge in [0.05, 0.1) is 17.6 Å². The van der Waals surface area contributed by atoms with Crippen LogP contribution >= 0.6 is 15.9 Å².